The van der Waals surface area contributed by atoms with Crippen molar-refractivity contribution in [1.82, 2.24) is 0 Å². The van der Waals surface area contributed by atoms with Gasteiger partial charge in [-0.2, -0.15) is 0 Å². The number of ketones is 1. The van der Waals surface area contributed by atoms with Gasteiger partial charge in [0, 0.05) is 7.11 Å². The van der Waals surface area contributed by atoms with Crippen LogP contribution in [0.4, 0.5) is 22.0 Å². The summed E-state index contributed by atoms with van der Waals surface area (Å²) in [6.07, 6.45) is -4.06. The Labute approximate surface area is 104 Å². The molecule has 0 unspecified atom stereocenters. The fraction of sp³-hybridized carbons (Fsp3) is 0.364. The van der Waals surface area contributed by atoms with Gasteiger partial charge in [-0.15, -0.1) is 0 Å². The smallest absolute Gasteiger partial charge is 0.200 e. The third-order valence-corrected chi connectivity index (χ3v) is 2.48. The van der Waals surface area contributed by atoms with Gasteiger partial charge in [-0.25, -0.2) is 22.0 Å². The second kappa shape index (κ2) is 5.62. The predicted molar refractivity (Wildman–Crippen MR) is 52.7 cm³/mol. The highest BCUT2D eigenvalue weighted by atomic mass is 19.2. The van der Waals surface area contributed by atoms with Crippen molar-refractivity contribution in [2.45, 2.75) is 19.1 Å². The van der Waals surface area contributed by atoms with Crippen molar-refractivity contribution in [1.29, 1.82) is 0 Å². The van der Waals surface area contributed by atoms with Crippen molar-refractivity contribution >= 4 is 5.78 Å². The number of rotatable bonds is 4. The van der Waals surface area contributed by atoms with E-state index in [1.54, 1.807) is 0 Å². The number of carbonyl (C=O) groups is 1. The number of ether oxygens (including phenoxy) is 1. The van der Waals surface area contributed by atoms with Crippen LogP contribution in [0.25, 0.3) is 0 Å². The van der Waals surface area contributed by atoms with Gasteiger partial charge >= 0.3 is 0 Å². The number of methoxy groups -OCH3 is 1. The zero-order valence-electron chi connectivity index (χ0n) is 9.81. The standard InChI is InChI=1S/C11H9F5O3/c1-3(17)11(19-2)10(18)4-5(12)7(14)9(16)8(15)6(4)13/h10-11,18H,1-2H3/t10-,11+/m0/s1. The van der Waals surface area contributed by atoms with E-state index in [4.69, 9.17) is 0 Å². The van der Waals surface area contributed by atoms with Crippen molar-refractivity contribution in [2.75, 3.05) is 7.11 Å². The quantitative estimate of drug-likeness (QED) is 0.523. The molecule has 106 valence electrons. The van der Waals surface area contributed by atoms with Crippen LogP contribution in [-0.2, 0) is 9.53 Å². The van der Waals surface area contributed by atoms with E-state index in [2.05, 4.69) is 4.74 Å². The molecule has 0 radical (unpaired) electrons. The maximum Gasteiger partial charge on any atom is 0.200 e. The summed E-state index contributed by atoms with van der Waals surface area (Å²) < 4.78 is 69.9. The van der Waals surface area contributed by atoms with Gasteiger partial charge in [-0.05, 0) is 6.92 Å². The summed E-state index contributed by atoms with van der Waals surface area (Å²) in [5.41, 5.74) is -1.50. The van der Waals surface area contributed by atoms with Gasteiger partial charge < -0.3 is 9.84 Å². The molecule has 0 aliphatic carbocycles. The monoisotopic (exact) mass is 284 g/mol. The highest BCUT2D eigenvalue weighted by Gasteiger charge is 2.35. The second-order valence-corrected chi connectivity index (χ2v) is 3.70. The van der Waals surface area contributed by atoms with E-state index in [1.807, 2.05) is 0 Å². The first-order valence-corrected chi connectivity index (χ1v) is 4.96. The van der Waals surface area contributed by atoms with Gasteiger partial charge in [0.1, 0.15) is 12.2 Å². The van der Waals surface area contributed by atoms with Crippen LogP contribution >= 0.6 is 0 Å². The van der Waals surface area contributed by atoms with Gasteiger partial charge in [0.15, 0.2) is 29.1 Å². The van der Waals surface area contributed by atoms with Gasteiger partial charge in [0.05, 0.1) is 5.56 Å². The zero-order valence-corrected chi connectivity index (χ0v) is 9.81. The molecule has 0 spiro atoms. The van der Waals surface area contributed by atoms with Crippen molar-refractivity contribution in [3.63, 3.8) is 0 Å². The highest BCUT2D eigenvalue weighted by Crippen LogP contribution is 2.30. The Bertz CT molecular complexity index is 489. The van der Waals surface area contributed by atoms with Gasteiger partial charge in [-0.1, -0.05) is 0 Å². The molecule has 1 rings (SSSR count). The molecule has 19 heavy (non-hydrogen) atoms. The lowest BCUT2D eigenvalue weighted by Crippen LogP contribution is -2.30. The molecule has 0 aliphatic heterocycles. The van der Waals surface area contributed by atoms with Crippen molar-refractivity contribution in [2.24, 2.45) is 0 Å². The zero-order chi connectivity index (χ0) is 14.9. The van der Waals surface area contributed by atoms with E-state index in [0.717, 1.165) is 14.0 Å². The first-order chi connectivity index (χ1) is 8.73. The number of carbonyl (C=O) groups excluding carboxylic acids is 1. The normalized spacial score (nSPS) is 14.3. The topological polar surface area (TPSA) is 46.5 Å². The average molecular weight is 284 g/mol. The van der Waals surface area contributed by atoms with E-state index < -0.39 is 52.6 Å². The molecule has 2 atom stereocenters. The number of aliphatic hydroxyl groups is 1. The van der Waals surface area contributed by atoms with E-state index in [1.165, 1.54) is 0 Å². The fourth-order valence-corrected chi connectivity index (χ4v) is 1.55. The summed E-state index contributed by atoms with van der Waals surface area (Å²) in [6.45, 7) is 0.934. The molecule has 0 amide bonds. The summed E-state index contributed by atoms with van der Waals surface area (Å²) >= 11 is 0. The lowest BCUT2D eigenvalue weighted by molar-refractivity contribution is -0.133. The molecule has 1 aromatic rings. The summed E-state index contributed by atoms with van der Waals surface area (Å²) in [5.74, 6) is -12.0. The first kappa shape index (κ1) is 15.5. The van der Waals surface area contributed by atoms with Crippen LogP contribution in [0.15, 0.2) is 0 Å². The predicted octanol–water partition coefficient (Wildman–Crippen LogP) is 2.02. The Kier molecular flexibility index (Phi) is 4.59. The van der Waals surface area contributed by atoms with Crippen LogP contribution in [0, 0.1) is 29.1 Å². The highest BCUT2D eigenvalue weighted by molar-refractivity contribution is 5.81. The van der Waals surface area contributed by atoms with Crippen molar-refractivity contribution in [3.8, 4) is 0 Å². The minimum atomic E-state index is -2.34. The molecule has 0 aromatic heterocycles. The molecule has 1 N–H and O–H groups in total. The molecule has 0 saturated carbocycles. The maximum absolute atomic E-state index is 13.4. The van der Waals surface area contributed by atoms with Crippen LogP contribution < -0.4 is 0 Å². The van der Waals surface area contributed by atoms with Crippen molar-refractivity contribution < 1.29 is 36.6 Å². The van der Waals surface area contributed by atoms with Gasteiger partial charge in [0.2, 0.25) is 5.82 Å². The Morgan fingerprint density at radius 3 is 1.68 bits per heavy atom. The summed E-state index contributed by atoms with van der Waals surface area (Å²) in [5, 5.41) is 9.57. The lowest BCUT2D eigenvalue weighted by Gasteiger charge is -2.20. The fourth-order valence-electron chi connectivity index (χ4n) is 1.55. The molecule has 3 nitrogen and oxygen atoms in total. The Morgan fingerprint density at radius 1 is 1.00 bits per heavy atom. The van der Waals surface area contributed by atoms with Crippen LogP contribution in [-0.4, -0.2) is 24.1 Å². The number of aliphatic hydroxyl groups excluding tert-OH is 1. The largest absolute Gasteiger partial charge is 0.385 e. The third-order valence-electron chi connectivity index (χ3n) is 2.48. The molecule has 0 bridgehead atoms. The van der Waals surface area contributed by atoms with E-state index in [9.17, 15) is 31.9 Å². The van der Waals surface area contributed by atoms with E-state index >= 15 is 0 Å². The average Bonchev–Trinajstić information content (AvgIpc) is 2.34. The van der Waals surface area contributed by atoms with Crippen LogP contribution in [0.2, 0.25) is 0 Å². The molecular weight excluding hydrogens is 275 g/mol. The van der Waals surface area contributed by atoms with E-state index in [0.29, 0.717) is 0 Å². The first-order valence-electron chi connectivity index (χ1n) is 4.96. The molecular formula is C11H9F5O3. The molecule has 0 saturated heterocycles. The van der Waals surface area contributed by atoms with Gasteiger partial charge in [-0.3, -0.25) is 4.79 Å². The minimum absolute atomic E-state index is 0.834. The number of hydrogen-bond acceptors (Lipinski definition) is 3. The molecule has 8 heteroatoms. The van der Waals surface area contributed by atoms with Crippen molar-refractivity contribution in [3.05, 3.63) is 34.6 Å². The minimum Gasteiger partial charge on any atom is -0.385 e. The summed E-state index contributed by atoms with van der Waals surface area (Å²) in [4.78, 5) is 11.1. The lowest BCUT2D eigenvalue weighted by atomic mass is 10.00. The maximum atomic E-state index is 13.4. The molecule has 0 heterocycles. The van der Waals surface area contributed by atoms with Crippen LogP contribution in [0.5, 0.6) is 0 Å². The molecule has 1 aromatic carbocycles. The van der Waals surface area contributed by atoms with Crippen LogP contribution in [0.1, 0.15) is 18.6 Å². The number of benzene rings is 1. The second-order valence-electron chi connectivity index (χ2n) is 3.70. The summed E-state index contributed by atoms with van der Waals surface area (Å²) in [7, 11) is 0.946. The third kappa shape index (κ3) is 2.59. The summed E-state index contributed by atoms with van der Waals surface area (Å²) in [6, 6.07) is 0. The van der Waals surface area contributed by atoms with Crippen LogP contribution in [0.3, 0.4) is 0 Å². The molecule has 0 fully saturated rings. The number of hydrogen-bond donors (Lipinski definition) is 1. The number of Topliss-reactive ketones (excluding diaryl/α,β-unsaturated/α-hetero) is 1. The van der Waals surface area contributed by atoms with E-state index in [-0.39, 0.29) is 0 Å². The SMILES string of the molecule is CO[C@H](C(C)=O)[C@@H](O)c1c(F)c(F)c(F)c(F)c1F. The number of halogens is 5. The Morgan fingerprint density at radius 2 is 1.37 bits per heavy atom. The Balaban J connectivity index is 3.47. The van der Waals surface area contributed by atoms with Gasteiger partial charge in [0.25, 0.3) is 0 Å². The Hall–Kier alpha value is -1.54. The molecule has 0 aliphatic rings.